The van der Waals surface area contributed by atoms with Crippen molar-refractivity contribution in [2.24, 2.45) is 4.99 Å². The third-order valence-electron chi connectivity index (χ3n) is 2.38. The highest BCUT2D eigenvalue weighted by atomic mass is 16.5. The molecule has 1 aromatic rings. The molecule has 1 unspecified atom stereocenters. The summed E-state index contributed by atoms with van der Waals surface area (Å²) >= 11 is 0. The van der Waals surface area contributed by atoms with E-state index in [0.29, 0.717) is 19.2 Å². The van der Waals surface area contributed by atoms with Gasteiger partial charge in [-0.05, 0) is 6.07 Å². The van der Waals surface area contributed by atoms with Gasteiger partial charge in [-0.3, -0.25) is 0 Å². The number of nitrogens with zero attached hydrogens (tertiary/aromatic N) is 1. The number of hydrogen-bond acceptors (Lipinski definition) is 4. The standard InChI is InChI=1S/C9H11N3O2/c1-2-10-8-6(5-14-7(1)8)12-9-11-3-4-13-9/h1-2,6,10H,3-5H2,(H,11,12). The Kier molecular flexibility index (Phi) is 1.62. The molecule has 0 spiro atoms. The summed E-state index contributed by atoms with van der Waals surface area (Å²) in [5.41, 5.74) is 1.07. The summed E-state index contributed by atoms with van der Waals surface area (Å²) in [6.07, 6.45) is 1.87. The second-order valence-electron chi connectivity index (χ2n) is 3.30. The molecule has 0 aliphatic carbocycles. The Morgan fingerprint density at radius 2 is 2.50 bits per heavy atom. The van der Waals surface area contributed by atoms with Crippen LogP contribution in [0.2, 0.25) is 0 Å². The van der Waals surface area contributed by atoms with E-state index in [2.05, 4.69) is 15.3 Å². The van der Waals surface area contributed by atoms with Gasteiger partial charge in [-0.1, -0.05) is 0 Å². The van der Waals surface area contributed by atoms with Crippen LogP contribution in [-0.4, -0.2) is 30.8 Å². The van der Waals surface area contributed by atoms with Crippen LogP contribution in [0.4, 0.5) is 0 Å². The molecule has 1 atom stereocenters. The molecule has 5 nitrogen and oxygen atoms in total. The molecule has 5 heteroatoms. The number of aliphatic imine (C=N–C) groups is 1. The summed E-state index contributed by atoms with van der Waals surface area (Å²) in [6, 6.07) is 2.69. The van der Waals surface area contributed by atoms with Crippen LogP contribution < -0.4 is 10.1 Å². The van der Waals surface area contributed by atoms with Gasteiger partial charge >= 0.3 is 0 Å². The molecular formula is C9H11N3O2. The van der Waals surface area contributed by atoms with Gasteiger partial charge in [0.1, 0.15) is 25.0 Å². The lowest BCUT2D eigenvalue weighted by atomic mass is 10.2. The van der Waals surface area contributed by atoms with Gasteiger partial charge < -0.3 is 19.8 Å². The zero-order valence-electron chi connectivity index (χ0n) is 7.62. The van der Waals surface area contributed by atoms with Gasteiger partial charge in [0.05, 0.1) is 12.2 Å². The first kappa shape index (κ1) is 7.73. The summed E-state index contributed by atoms with van der Waals surface area (Å²) in [5, 5.41) is 3.19. The van der Waals surface area contributed by atoms with Crippen molar-refractivity contribution < 1.29 is 9.47 Å². The smallest absolute Gasteiger partial charge is 0.285 e. The fraction of sp³-hybridized carbons (Fsp3) is 0.444. The first-order valence-electron chi connectivity index (χ1n) is 4.67. The maximum atomic E-state index is 5.46. The molecule has 2 N–H and O–H groups in total. The van der Waals surface area contributed by atoms with E-state index in [1.165, 1.54) is 0 Å². The normalized spacial score (nSPS) is 23.7. The van der Waals surface area contributed by atoms with E-state index in [1.807, 2.05) is 12.3 Å². The number of H-pyrrole nitrogens is 1. The number of nitrogens with one attached hydrogen (secondary N) is 2. The Balaban J connectivity index is 1.75. The lowest BCUT2D eigenvalue weighted by molar-refractivity contribution is 0.296. The molecule has 3 rings (SSSR count). The number of fused-ring (bicyclic) bond motifs is 1. The van der Waals surface area contributed by atoms with Gasteiger partial charge in [0.15, 0.2) is 0 Å². The second-order valence-corrected chi connectivity index (χ2v) is 3.30. The predicted molar refractivity (Wildman–Crippen MR) is 50.4 cm³/mol. The molecule has 0 saturated heterocycles. The summed E-state index contributed by atoms with van der Waals surface area (Å²) in [6.45, 7) is 2.05. The lowest BCUT2D eigenvalue weighted by Crippen LogP contribution is -2.29. The molecule has 0 fully saturated rings. The molecule has 3 heterocycles. The quantitative estimate of drug-likeness (QED) is 0.679. The number of aromatic nitrogens is 1. The van der Waals surface area contributed by atoms with Gasteiger partial charge in [-0.15, -0.1) is 0 Å². The summed E-state index contributed by atoms with van der Waals surface area (Å²) < 4.78 is 10.7. The third-order valence-corrected chi connectivity index (χ3v) is 2.38. The van der Waals surface area contributed by atoms with E-state index in [-0.39, 0.29) is 6.04 Å². The first-order chi connectivity index (χ1) is 6.93. The minimum atomic E-state index is 0.136. The molecule has 0 saturated carbocycles. The molecule has 2 aliphatic rings. The van der Waals surface area contributed by atoms with Crippen LogP contribution in [0.25, 0.3) is 0 Å². The van der Waals surface area contributed by atoms with E-state index >= 15 is 0 Å². The highest BCUT2D eigenvalue weighted by Gasteiger charge is 2.27. The molecule has 2 aliphatic heterocycles. The lowest BCUT2D eigenvalue weighted by Gasteiger charge is -2.10. The van der Waals surface area contributed by atoms with Crippen LogP contribution in [0.5, 0.6) is 5.75 Å². The van der Waals surface area contributed by atoms with Crippen molar-refractivity contribution in [3.8, 4) is 5.75 Å². The molecule has 74 valence electrons. The highest BCUT2D eigenvalue weighted by Crippen LogP contribution is 2.30. The number of ether oxygens (including phenoxy) is 2. The zero-order chi connectivity index (χ0) is 9.38. The fourth-order valence-corrected chi connectivity index (χ4v) is 1.71. The van der Waals surface area contributed by atoms with Gasteiger partial charge in [0.25, 0.3) is 6.02 Å². The van der Waals surface area contributed by atoms with E-state index in [0.717, 1.165) is 18.0 Å². The summed E-state index contributed by atoms with van der Waals surface area (Å²) in [4.78, 5) is 7.31. The van der Waals surface area contributed by atoms with Gasteiger partial charge in [-0.25, -0.2) is 4.99 Å². The van der Waals surface area contributed by atoms with Gasteiger partial charge in [-0.2, -0.15) is 0 Å². The van der Waals surface area contributed by atoms with Crippen molar-refractivity contribution >= 4 is 6.02 Å². The number of aromatic amines is 1. The number of hydrogen-bond donors (Lipinski definition) is 2. The Bertz CT molecular complexity index is 372. The Hall–Kier alpha value is -1.65. The van der Waals surface area contributed by atoms with Gasteiger partial charge in [0.2, 0.25) is 0 Å². The first-order valence-corrected chi connectivity index (χ1v) is 4.67. The van der Waals surface area contributed by atoms with Crippen LogP contribution in [0, 0.1) is 0 Å². The van der Waals surface area contributed by atoms with E-state index in [1.54, 1.807) is 0 Å². The van der Waals surface area contributed by atoms with Crippen LogP contribution in [0.3, 0.4) is 0 Å². The van der Waals surface area contributed by atoms with Crippen molar-refractivity contribution in [3.05, 3.63) is 18.0 Å². The third kappa shape index (κ3) is 1.13. The average molecular weight is 193 g/mol. The Labute approximate surface area is 81.1 Å². The summed E-state index contributed by atoms with van der Waals surface area (Å²) in [7, 11) is 0. The molecule has 0 amide bonds. The van der Waals surface area contributed by atoms with Crippen LogP contribution in [-0.2, 0) is 4.74 Å². The zero-order valence-corrected chi connectivity index (χ0v) is 7.62. The van der Waals surface area contributed by atoms with E-state index in [9.17, 15) is 0 Å². The monoisotopic (exact) mass is 193 g/mol. The summed E-state index contributed by atoms with van der Waals surface area (Å²) in [5.74, 6) is 0.918. The fourth-order valence-electron chi connectivity index (χ4n) is 1.71. The van der Waals surface area contributed by atoms with Crippen LogP contribution in [0.1, 0.15) is 11.7 Å². The number of amidine groups is 1. The van der Waals surface area contributed by atoms with Crippen molar-refractivity contribution in [2.45, 2.75) is 6.04 Å². The Morgan fingerprint density at radius 1 is 1.50 bits per heavy atom. The van der Waals surface area contributed by atoms with E-state index in [4.69, 9.17) is 9.47 Å². The SMILES string of the molecule is c1cc2c([nH]1)C(NC1=NCCO1)CO2. The van der Waals surface area contributed by atoms with Crippen molar-refractivity contribution in [1.82, 2.24) is 10.3 Å². The topological polar surface area (TPSA) is 58.6 Å². The van der Waals surface area contributed by atoms with Crippen molar-refractivity contribution in [2.75, 3.05) is 19.8 Å². The van der Waals surface area contributed by atoms with Crippen molar-refractivity contribution in [3.63, 3.8) is 0 Å². The molecule has 1 aromatic heterocycles. The molecule has 14 heavy (non-hydrogen) atoms. The maximum absolute atomic E-state index is 5.46. The molecule has 0 bridgehead atoms. The van der Waals surface area contributed by atoms with Crippen LogP contribution >= 0.6 is 0 Å². The predicted octanol–water partition coefficient (Wildman–Crippen LogP) is 0.424. The maximum Gasteiger partial charge on any atom is 0.285 e. The molecule has 0 aromatic carbocycles. The second kappa shape index (κ2) is 2.94. The minimum Gasteiger partial charge on any atom is -0.489 e. The largest absolute Gasteiger partial charge is 0.489 e. The molecule has 0 radical (unpaired) electrons. The van der Waals surface area contributed by atoms with Crippen LogP contribution in [0.15, 0.2) is 17.3 Å². The number of rotatable bonds is 1. The van der Waals surface area contributed by atoms with Gasteiger partial charge in [0, 0.05) is 6.20 Å². The minimum absolute atomic E-state index is 0.136. The average Bonchev–Trinajstić information content (AvgIpc) is 2.85. The highest BCUT2D eigenvalue weighted by molar-refractivity contribution is 5.75. The van der Waals surface area contributed by atoms with E-state index < -0.39 is 0 Å². The Morgan fingerprint density at radius 3 is 3.36 bits per heavy atom. The van der Waals surface area contributed by atoms with Crippen molar-refractivity contribution in [1.29, 1.82) is 0 Å². The molecular weight excluding hydrogens is 182 g/mol.